The summed E-state index contributed by atoms with van der Waals surface area (Å²) < 4.78 is 0. The first kappa shape index (κ1) is 16.9. The van der Waals surface area contributed by atoms with Crippen molar-refractivity contribution in [3.8, 4) is 0 Å². The summed E-state index contributed by atoms with van der Waals surface area (Å²) >= 11 is 0. The molecular formula is C17H23N3O4. The van der Waals surface area contributed by atoms with Crippen molar-refractivity contribution in [2.24, 2.45) is 5.41 Å². The number of anilines is 1. The molecule has 1 aromatic rings. The van der Waals surface area contributed by atoms with E-state index in [0.717, 1.165) is 19.4 Å². The van der Waals surface area contributed by atoms with Crippen molar-refractivity contribution in [2.75, 3.05) is 31.1 Å². The number of nitrogens with zero attached hydrogens (tertiary/aromatic N) is 3. The molecule has 0 aliphatic carbocycles. The van der Waals surface area contributed by atoms with Crippen molar-refractivity contribution < 1.29 is 14.8 Å². The second kappa shape index (κ2) is 6.49. The van der Waals surface area contributed by atoms with Crippen LogP contribution in [0.4, 0.5) is 11.4 Å². The Balaban J connectivity index is 1.75. The zero-order valence-corrected chi connectivity index (χ0v) is 13.9. The van der Waals surface area contributed by atoms with E-state index in [-0.39, 0.29) is 29.7 Å². The third-order valence-electron chi connectivity index (χ3n) is 5.16. The van der Waals surface area contributed by atoms with E-state index >= 15 is 0 Å². The molecule has 1 amide bonds. The molecule has 2 saturated heterocycles. The highest BCUT2D eigenvalue weighted by atomic mass is 16.6. The number of nitro groups is 1. The minimum Gasteiger partial charge on any atom is -0.396 e. The fraction of sp³-hybridized carbons (Fsp3) is 0.588. The first-order chi connectivity index (χ1) is 11.4. The van der Waals surface area contributed by atoms with Crippen molar-refractivity contribution in [3.63, 3.8) is 0 Å². The lowest BCUT2D eigenvalue weighted by Crippen LogP contribution is -2.51. The summed E-state index contributed by atoms with van der Waals surface area (Å²) in [5.74, 6) is -0.00214. The summed E-state index contributed by atoms with van der Waals surface area (Å²) in [5, 5.41) is 20.5. The van der Waals surface area contributed by atoms with Crippen LogP contribution in [-0.4, -0.2) is 53.1 Å². The molecule has 2 unspecified atom stereocenters. The number of benzene rings is 1. The van der Waals surface area contributed by atoms with Gasteiger partial charge in [-0.05, 0) is 31.9 Å². The fourth-order valence-electron chi connectivity index (χ4n) is 3.79. The maximum absolute atomic E-state index is 12.8. The lowest BCUT2D eigenvalue weighted by molar-refractivity contribution is -0.384. The quantitative estimate of drug-likeness (QED) is 0.670. The fourth-order valence-corrected chi connectivity index (χ4v) is 3.79. The van der Waals surface area contributed by atoms with Gasteiger partial charge in [-0.25, -0.2) is 0 Å². The van der Waals surface area contributed by atoms with Crippen molar-refractivity contribution in [1.82, 2.24) is 4.90 Å². The Labute approximate surface area is 141 Å². The second-order valence-electron chi connectivity index (χ2n) is 7.11. The molecule has 7 nitrogen and oxygen atoms in total. The highest BCUT2D eigenvalue weighted by Gasteiger charge is 2.41. The van der Waals surface area contributed by atoms with Gasteiger partial charge in [0, 0.05) is 37.2 Å². The molecule has 2 fully saturated rings. The Morgan fingerprint density at radius 1 is 1.42 bits per heavy atom. The van der Waals surface area contributed by atoms with Gasteiger partial charge in [0.25, 0.3) is 5.69 Å². The Kier molecular flexibility index (Phi) is 4.56. The van der Waals surface area contributed by atoms with Crippen molar-refractivity contribution >= 4 is 17.3 Å². The summed E-state index contributed by atoms with van der Waals surface area (Å²) in [6.45, 7) is 4.31. The molecule has 24 heavy (non-hydrogen) atoms. The lowest BCUT2D eigenvalue weighted by Gasteiger charge is -2.41. The van der Waals surface area contributed by atoms with Gasteiger partial charge in [0.2, 0.25) is 5.91 Å². The van der Waals surface area contributed by atoms with E-state index in [4.69, 9.17) is 0 Å². The molecule has 2 heterocycles. The topological polar surface area (TPSA) is 86.9 Å². The Bertz CT molecular complexity index is 650. The maximum atomic E-state index is 12.8. The van der Waals surface area contributed by atoms with Gasteiger partial charge in [-0.1, -0.05) is 13.0 Å². The van der Waals surface area contributed by atoms with Gasteiger partial charge in [0.1, 0.15) is 0 Å². The summed E-state index contributed by atoms with van der Waals surface area (Å²) in [7, 11) is 0. The number of piperidine rings is 1. The van der Waals surface area contributed by atoms with E-state index in [2.05, 4.69) is 11.8 Å². The number of hydrogen-bond acceptors (Lipinski definition) is 5. The van der Waals surface area contributed by atoms with E-state index in [0.29, 0.717) is 25.2 Å². The average molecular weight is 333 g/mol. The SMILES string of the molecule is CC1(CO)CCCN(C2CCN(c3cccc([N+](=O)[O-])c3)C2=O)C1. The molecule has 130 valence electrons. The summed E-state index contributed by atoms with van der Waals surface area (Å²) in [4.78, 5) is 27.1. The van der Waals surface area contributed by atoms with Crippen molar-refractivity contribution in [2.45, 2.75) is 32.2 Å². The van der Waals surface area contributed by atoms with Gasteiger partial charge in [-0.3, -0.25) is 19.8 Å². The molecule has 0 spiro atoms. The van der Waals surface area contributed by atoms with Crippen molar-refractivity contribution in [3.05, 3.63) is 34.4 Å². The minimum atomic E-state index is -0.446. The zero-order valence-electron chi connectivity index (χ0n) is 13.9. The summed E-state index contributed by atoms with van der Waals surface area (Å²) in [6, 6.07) is 6.03. The molecule has 2 aliphatic heterocycles. The third-order valence-corrected chi connectivity index (χ3v) is 5.16. The second-order valence-corrected chi connectivity index (χ2v) is 7.11. The van der Waals surface area contributed by atoms with Crippen LogP contribution in [0, 0.1) is 15.5 Å². The lowest BCUT2D eigenvalue weighted by atomic mass is 9.82. The number of aliphatic hydroxyl groups is 1. The smallest absolute Gasteiger partial charge is 0.271 e. The number of likely N-dealkylation sites (tertiary alicyclic amines) is 1. The molecule has 7 heteroatoms. The first-order valence-corrected chi connectivity index (χ1v) is 8.34. The molecule has 1 aromatic carbocycles. The van der Waals surface area contributed by atoms with Crippen LogP contribution in [0.3, 0.4) is 0 Å². The molecule has 3 rings (SSSR count). The Morgan fingerprint density at radius 3 is 2.92 bits per heavy atom. The van der Waals surface area contributed by atoms with E-state index in [1.807, 2.05) is 0 Å². The van der Waals surface area contributed by atoms with Crippen LogP contribution in [0.25, 0.3) is 0 Å². The van der Waals surface area contributed by atoms with Crippen LogP contribution in [0.15, 0.2) is 24.3 Å². The molecule has 2 aliphatic rings. The van der Waals surface area contributed by atoms with E-state index in [9.17, 15) is 20.0 Å². The van der Waals surface area contributed by atoms with Gasteiger partial charge in [0.15, 0.2) is 0 Å². The number of carbonyl (C=O) groups excluding carboxylic acids is 1. The standard InChI is InChI=1S/C17H23N3O4/c1-17(12-21)7-3-8-18(11-17)15-6-9-19(16(15)22)13-4-2-5-14(10-13)20(23)24/h2,4-5,10,15,21H,3,6-9,11-12H2,1H3. The van der Waals surface area contributed by atoms with Gasteiger partial charge >= 0.3 is 0 Å². The Hall–Kier alpha value is -1.99. The van der Waals surface area contributed by atoms with Gasteiger partial charge in [0.05, 0.1) is 16.7 Å². The number of nitro benzene ring substituents is 1. The highest BCUT2D eigenvalue weighted by molar-refractivity contribution is 5.99. The number of aliphatic hydroxyl groups excluding tert-OH is 1. The third kappa shape index (κ3) is 3.14. The van der Waals surface area contributed by atoms with Crippen LogP contribution in [0.5, 0.6) is 0 Å². The van der Waals surface area contributed by atoms with E-state index < -0.39 is 4.92 Å². The van der Waals surface area contributed by atoms with Crippen LogP contribution >= 0.6 is 0 Å². The molecular weight excluding hydrogens is 310 g/mol. The monoisotopic (exact) mass is 333 g/mol. The zero-order chi connectivity index (χ0) is 17.3. The van der Waals surface area contributed by atoms with Crippen LogP contribution in [0.2, 0.25) is 0 Å². The predicted molar refractivity (Wildman–Crippen MR) is 89.9 cm³/mol. The van der Waals surface area contributed by atoms with E-state index in [1.165, 1.54) is 12.1 Å². The first-order valence-electron chi connectivity index (χ1n) is 8.34. The molecule has 0 bridgehead atoms. The Morgan fingerprint density at radius 2 is 2.21 bits per heavy atom. The molecule has 0 aromatic heterocycles. The van der Waals surface area contributed by atoms with Crippen LogP contribution in [0.1, 0.15) is 26.2 Å². The molecule has 1 N–H and O–H groups in total. The highest BCUT2D eigenvalue weighted by Crippen LogP contribution is 2.33. The predicted octanol–water partition coefficient (Wildman–Crippen LogP) is 1.79. The average Bonchev–Trinajstić information content (AvgIpc) is 2.96. The van der Waals surface area contributed by atoms with E-state index in [1.54, 1.807) is 17.0 Å². The van der Waals surface area contributed by atoms with Crippen molar-refractivity contribution in [1.29, 1.82) is 0 Å². The molecule has 0 saturated carbocycles. The number of amides is 1. The van der Waals surface area contributed by atoms with Gasteiger partial charge < -0.3 is 10.0 Å². The number of rotatable bonds is 4. The molecule has 2 atom stereocenters. The number of carbonyl (C=O) groups is 1. The molecule has 0 radical (unpaired) electrons. The summed E-state index contributed by atoms with van der Waals surface area (Å²) in [5.41, 5.74) is 0.422. The normalized spacial score (nSPS) is 28.3. The number of hydrogen-bond donors (Lipinski definition) is 1. The van der Waals surface area contributed by atoms with Gasteiger partial charge in [-0.2, -0.15) is 0 Å². The van der Waals surface area contributed by atoms with Crippen LogP contribution in [-0.2, 0) is 4.79 Å². The maximum Gasteiger partial charge on any atom is 0.271 e. The minimum absolute atomic E-state index is 0.00214. The van der Waals surface area contributed by atoms with Gasteiger partial charge in [-0.15, -0.1) is 0 Å². The largest absolute Gasteiger partial charge is 0.396 e. The number of non-ortho nitro benzene ring substituents is 1. The van der Waals surface area contributed by atoms with Crippen LogP contribution < -0.4 is 4.90 Å². The summed E-state index contributed by atoms with van der Waals surface area (Å²) in [6.07, 6.45) is 2.65.